The third-order valence-electron chi connectivity index (χ3n) is 1.59. The Hall–Kier alpha value is -0.960. The summed E-state index contributed by atoms with van der Waals surface area (Å²) in [5.74, 6) is -1.04. The van der Waals surface area contributed by atoms with Gasteiger partial charge in [0.15, 0.2) is 0 Å². The molecule has 3 heteroatoms. The van der Waals surface area contributed by atoms with Gasteiger partial charge in [0.25, 0.3) is 0 Å². The van der Waals surface area contributed by atoms with Crippen LogP contribution in [0.3, 0.4) is 0 Å². The zero-order valence-corrected chi connectivity index (χ0v) is 6.85. The molecule has 2 N–H and O–H groups in total. The molecule has 0 spiro atoms. The molecule has 1 nitrogen and oxygen atoms in total. The summed E-state index contributed by atoms with van der Waals surface area (Å²) in [5, 5.41) is 0. The minimum absolute atomic E-state index is 0.0764. The summed E-state index contributed by atoms with van der Waals surface area (Å²) in [4.78, 5) is 0. The molecule has 0 aliphatic carbocycles. The van der Waals surface area contributed by atoms with Gasteiger partial charge in [-0.2, -0.15) is 0 Å². The number of rotatable bonds is 2. The number of hydrogen-bond donors (Lipinski definition) is 1. The predicted molar refractivity (Wildman–Crippen MR) is 43.7 cm³/mol. The molecule has 0 amide bonds. The summed E-state index contributed by atoms with van der Waals surface area (Å²) in [5.41, 5.74) is 5.51. The van der Waals surface area contributed by atoms with E-state index >= 15 is 0 Å². The third kappa shape index (κ3) is 2.01. The van der Waals surface area contributed by atoms with Crippen LogP contribution in [0.15, 0.2) is 18.2 Å². The van der Waals surface area contributed by atoms with Crippen LogP contribution >= 0.6 is 0 Å². The Morgan fingerprint density at radius 2 is 1.83 bits per heavy atom. The van der Waals surface area contributed by atoms with Gasteiger partial charge in [-0.1, -0.05) is 6.07 Å². The van der Waals surface area contributed by atoms with Gasteiger partial charge in [-0.3, -0.25) is 0 Å². The van der Waals surface area contributed by atoms with Crippen LogP contribution in [0.4, 0.5) is 8.78 Å². The van der Waals surface area contributed by atoms with Gasteiger partial charge in [0.1, 0.15) is 11.6 Å². The van der Waals surface area contributed by atoms with Gasteiger partial charge in [-0.15, -0.1) is 0 Å². The molecule has 0 aliphatic rings. The molecule has 0 bridgehead atoms. The van der Waals surface area contributed by atoms with Crippen LogP contribution in [0.2, 0.25) is 0 Å². The fourth-order valence-electron chi connectivity index (χ4n) is 1.05. The first-order valence-electron chi connectivity index (χ1n) is 3.79. The van der Waals surface area contributed by atoms with Crippen molar-refractivity contribution in [3.8, 4) is 0 Å². The Kier molecular flexibility index (Phi) is 2.76. The van der Waals surface area contributed by atoms with Gasteiger partial charge in [-0.25, -0.2) is 8.78 Å². The molecule has 0 saturated carbocycles. The van der Waals surface area contributed by atoms with E-state index in [1.165, 1.54) is 18.2 Å². The molecular weight excluding hydrogens is 160 g/mol. The highest BCUT2D eigenvalue weighted by Gasteiger charge is 2.09. The van der Waals surface area contributed by atoms with Crippen LogP contribution in [0.5, 0.6) is 0 Å². The second-order valence-corrected chi connectivity index (χ2v) is 2.88. The van der Waals surface area contributed by atoms with Crippen LogP contribution in [0, 0.1) is 11.6 Å². The van der Waals surface area contributed by atoms with Crippen molar-refractivity contribution in [2.75, 3.05) is 0 Å². The molecule has 0 aromatic heterocycles. The van der Waals surface area contributed by atoms with Crippen molar-refractivity contribution in [2.45, 2.75) is 19.4 Å². The lowest BCUT2D eigenvalue weighted by molar-refractivity contribution is 0.542. The van der Waals surface area contributed by atoms with E-state index in [0.717, 1.165) is 0 Å². The van der Waals surface area contributed by atoms with E-state index in [-0.39, 0.29) is 18.0 Å². The van der Waals surface area contributed by atoms with Crippen LogP contribution in [0.1, 0.15) is 12.5 Å². The van der Waals surface area contributed by atoms with Gasteiger partial charge in [0, 0.05) is 11.6 Å². The highest BCUT2D eigenvalue weighted by molar-refractivity contribution is 5.20. The Labute approximate surface area is 70.2 Å². The van der Waals surface area contributed by atoms with E-state index < -0.39 is 11.6 Å². The van der Waals surface area contributed by atoms with E-state index in [9.17, 15) is 8.78 Å². The Bertz CT molecular complexity index is 251. The molecule has 0 radical (unpaired) electrons. The molecule has 1 aromatic carbocycles. The Balaban J connectivity index is 2.96. The van der Waals surface area contributed by atoms with E-state index in [0.29, 0.717) is 0 Å². The van der Waals surface area contributed by atoms with Crippen molar-refractivity contribution >= 4 is 0 Å². The van der Waals surface area contributed by atoms with Crippen molar-refractivity contribution in [1.29, 1.82) is 0 Å². The van der Waals surface area contributed by atoms with Gasteiger partial charge in [-0.05, 0) is 25.5 Å². The van der Waals surface area contributed by atoms with E-state index in [1.54, 1.807) is 6.92 Å². The summed E-state index contributed by atoms with van der Waals surface area (Å²) in [6.45, 7) is 1.71. The molecule has 12 heavy (non-hydrogen) atoms. The maximum absolute atomic E-state index is 12.9. The fraction of sp³-hybridized carbons (Fsp3) is 0.333. The number of hydrogen-bond acceptors (Lipinski definition) is 1. The molecule has 0 fully saturated rings. The summed E-state index contributed by atoms with van der Waals surface area (Å²) < 4.78 is 25.8. The maximum atomic E-state index is 12.9. The van der Waals surface area contributed by atoms with Gasteiger partial charge >= 0.3 is 0 Å². The molecule has 0 saturated heterocycles. The average molecular weight is 171 g/mol. The first-order chi connectivity index (χ1) is 5.61. The lowest BCUT2D eigenvalue weighted by Gasteiger charge is -2.06. The van der Waals surface area contributed by atoms with Crippen molar-refractivity contribution in [3.05, 3.63) is 35.4 Å². The maximum Gasteiger partial charge on any atom is 0.129 e. The zero-order chi connectivity index (χ0) is 9.14. The number of halogens is 2. The minimum Gasteiger partial charge on any atom is -0.328 e. The molecular formula is C9H11F2N. The Morgan fingerprint density at radius 1 is 1.33 bits per heavy atom. The van der Waals surface area contributed by atoms with Gasteiger partial charge < -0.3 is 5.73 Å². The quantitative estimate of drug-likeness (QED) is 0.722. The molecule has 1 aromatic rings. The summed E-state index contributed by atoms with van der Waals surface area (Å²) in [7, 11) is 0. The average Bonchev–Trinajstić information content (AvgIpc) is 1.97. The van der Waals surface area contributed by atoms with Crippen LogP contribution in [0.25, 0.3) is 0 Å². The van der Waals surface area contributed by atoms with E-state index in [4.69, 9.17) is 5.73 Å². The van der Waals surface area contributed by atoms with E-state index in [2.05, 4.69) is 0 Å². The predicted octanol–water partition coefficient (Wildman–Crippen LogP) is 1.85. The van der Waals surface area contributed by atoms with Crippen molar-refractivity contribution in [3.63, 3.8) is 0 Å². The zero-order valence-electron chi connectivity index (χ0n) is 6.85. The fourth-order valence-corrected chi connectivity index (χ4v) is 1.05. The Morgan fingerprint density at radius 3 is 2.25 bits per heavy atom. The monoisotopic (exact) mass is 171 g/mol. The first-order valence-corrected chi connectivity index (χ1v) is 3.79. The van der Waals surface area contributed by atoms with Crippen LogP contribution in [-0.4, -0.2) is 6.04 Å². The van der Waals surface area contributed by atoms with Crippen molar-refractivity contribution < 1.29 is 8.78 Å². The molecule has 0 heterocycles. The van der Waals surface area contributed by atoms with Crippen molar-refractivity contribution in [1.82, 2.24) is 0 Å². The van der Waals surface area contributed by atoms with Crippen LogP contribution in [-0.2, 0) is 6.42 Å². The number of benzene rings is 1. The lowest BCUT2D eigenvalue weighted by atomic mass is 10.1. The molecule has 0 aliphatic heterocycles. The largest absolute Gasteiger partial charge is 0.328 e. The smallest absolute Gasteiger partial charge is 0.129 e. The second-order valence-electron chi connectivity index (χ2n) is 2.88. The second kappa shape index (κ2) is 3.63. The SMILES string of the molecule is CC(N)Cc1c(F)cccc1F. The highest BCUT2D eigenvalue weighted by atomic mass is 19.1. The minimum atomic E-state index is -0.521. The van der Waals surface area contributed by atoms with Crippen molar-refractivity contribution in [2.24, 2.45) is 5.73 Å². The first kappa shape index (κ1) is 9.13. The molecule has 1 rings (SSSR count). The summed E-state index contributed by atoms with van der Waals surface area (Å²) in [6.07, 6.45) is 0.235. The van der Waals surface area contributed by atoms with Gasteiger partial charge in [0.05, 0.1) is 0 Å². The molecule has 66 valence electrons. The highest BCUT2D eigenvalue weighted by Crippen LogP contribution is 2.13. The standard InChI is InChI=1S/C9H11F2N/c1-6(12)5-7-8(10)3-2-4-9(7)11/h2-4,6H,5,12H2,1H3. The topological polar surface area (TPSA) is 26.0 Å². The normalized spacial score (nSPS) is 13.0. The number of nitrogens with two attached hydrogens (primary N) is 1. The summed E-state index contributed by atoms with van der Waals surface area (Å²) in [6, 6.07) is 3.59. The molecule has 1 unspecified atom stereocenters. The summed E-state index contributed by atoms with van der Waals surface area (Å²) >= 11 is 0. The van der Waals surface area contributed by atoms with Gasteiger partial charge in [0.2, 0.25) is 0 Å². The van der Waals surface area contributed by atoms with E-state index in [1.807, 2.05) is 0 Å². The third-order valence-corrected chi connectivity index (χ3v) is 1.59. The molecule has 1 atom stereocenters. The van der Waals surface area contributed by atoms with Crippen LogP contribution < -0.4 is 5.73 Å². The lowest BCUT2D eigenvalue weighted by Crippen LogP contribution is -2.19.